The first kappa shape index (κ1) is 12.6. The Hall–Kier alpha value is -1.84. The number of likely N-dealkylation sites (N-methyl/N-ethyl adjacent to an activating group) is 1. The molecule has 4 nitrogen and oxygen atoms in total. The molecule has 4 heteroatoms. The van der Waals surface area contributed by atoms with Gasteiger partial charge >= 0.3 is 0 Å². The van der Waals surface area contributed by atoms with Crippen LogP contribution in [0.4, 0.5) is 11.4 Å². The third kappa shape index (κ3) is 2.53. The summed E-state index contributed by atoms with van der Waals surface area (Å²) in [7, 11) is 1.77. The molecular formula is C14H18N2O2. The molecule has 0 saturated carbocycles. The van der Waals surface area contributed by atoms with Gasteiger partial charge in [-0.2, -0.15) is 0 Å². The number of nitrogens with one attached hydrogen (secondary N) is 1. The van der Waals surface area contributed by atoms with Crippen LogP contribution in [-0.4, -0.2) is 18.9 Å². The second-order valence-corrected chi connectivity index (χ2v) is 5.12. The van der Waals surface area contributed by atoms with Gasteiger partial charge in [-0.25, -0.2) is 0 Å². The predicted octanol–water partition coefficient (Wildman–Crippen LogP) is 2.19. The van der Waals surface area contributed by atoms with Gasteiger partial charge in [-0.05, 0) is 29.7 Å². The first-order valence-electron chi connectivity index (χ1n) is 6.16. The largest absolute Gasteiger partial charge is 0.326 e. The maximum absolute atomic E-state index is 11.7. The molecule has 96 valence electrons. The van der Waals surface area contributed by atoms with Crippen molar-refractivity contribution < 1.29 is 9.59 Å². The van der Waals surface area contributed by atoms with Crippen molar-refractivity contribution in [2.45, 2.75) is 26.7 Å². The average molecular weight is 246 g/mol. The molecule has 1 aromatic carbocycles. The Morgan fingerprint density at radius 1 is 1.44 bits per heavy atom. The molecule has 2 amide bonds. The van der Waals surface area contributed by atoms with E-state index < -0.39 is 0 Å². The van der Waals surface area contributed by atoms with E-state index in [1.54, 1.807) is 11.9 Å². The Balaban J connectivity index is 2.11. The number of carbonyl (C=O) groups excluding carboxylic acids is 2. The fourth-order valence-electron chi connectivity index (χ4n) is 2.13. The zero-order valence-electron chi connectivity index (χ0n) is 11.0. The van der Waals surface area contributed by atoms with E-state index in [0.29, 0.717) is 18.8 Å². The standard InChI is InChI=1S/C14H18N2O2/c1-9(2)6-13(17)15-11-4-5-12-10(7-11)8-14(18)16(12)3/h4-5,7,9H,6,8H2,1-3H3,(H,15,17). The summed E-state index contributed by atoms with van der Waals surface area (Å²) in [6.45, 7) is 4.02. The summed E-state index contributed by atoms with van der Waals surface area (Å²) in [6, 6.07) is 5.60. The highest BCUT2D eigenvalue weighted by molar-refractivity contribution is 6.02. The number of rotatable bonds is 3. The molecule has 0 spiro atoms. The van der Waals surface area contributed by atoms with E-state index in [1.165, 1.54) is 0 Å². The van der Waals surface area contributed by atoms with Crippen molar-refractivity contribution in [2.24, 2.45) is 5.92 Å². The Kier molecular flexibility index (Phi) is 3.36. The molecule has 0 bridgehead atoms. The van der Waals surface area contributed by atoms with Gasteiger partial charge in [-0.3, -0.25) is 9.59 Å². The third-order valence-electron chi connectivity index (χ3n) is 3.03. The molecule has 0 fully saturated rings. The van der Waals surface area contributed by atoms with Crippen molar-refractivity contribution in [1.29, 1.82) is 0 Å². The van der Waals surface area contributed by atoms with E-state index in [1.807, 2.05) is 32.0 Å². The molecule has 0 saturated heterocycles. The lowest BCUT2D eigenvalue weighted by molar-refractivity contribution is -0.117. The van der Waals surface area contributed by atoms with Crippen molar-refractivity contribution in [3.63, 3.8) is 0 Å². The quantitative estimate of drug-likeness (QED) is 0.888. The summed E-state index contributed by atoms with van der Waals surface area (Å²) in [5, 5.41) is 2.86. The van der Waals surface area contributed by atoms with E-state index in [9.17, 15) is 9.59 Å². The maximum atomic E-state index is 11.7. The summed E-state index contributed by atoms with van der Waals surface area (Å²) in [5.74, 6) is 0.449. The summed E-state index contributed by atoms with van der Waals surface area (Å²) < 4.78 is 0. The highest BCUT2D eigenvalue weighted by atomic mass is 16.2. The van der Waals surface area contributed by atoms with Gasteiger partial charge in [0.1, 0.15) is 0 Å². The Morgan fingerprint density at radius 2 is 2.17 bits per heavy atom. The van der Waals surface area contributed by atoms with Crippen LogP contribution in [0.15, 0.2) is 18.2 Å². The number of benzene rings is 1. The molecule has 1 aliphatic heterocycles. The highest BCUT2D eigenvalue weighted by Crippen LogP contribution is 2.29. The summed E-state index contributed by atoms with van der Waals surface area (Å²) in [6.07, 6.45) is 0.926. The zero-order valence-corrected chi connectivity index (χ0v) is 11.0. The van der Waals surface area contributed by atoms with E-state index in [2.05, 4.69) is 5.32 Å². The molecule has 1 aliphatic rings. The number of fused-ring (bicyclic) bond motifs is 1. The van der Waals surface area contributed by atoms with Crippen molar-refractivity contribution in [3.8, 4) is 0 Å². The van der Waals surface area contributed by atoms with E-state index in [-0.39, 0.29) is 11.8 Å². The molecule has 2 rings (SSSR count). The van der Waals surface area contributed by atoms with Gasteiger partial charge in [-0.1, -0.05) is 13.8 Å². The molecule has 18 heavy (non-hydrogen) atoms. The van der Waals surface area contributed by atoms with Gasteiger partial charge < -0.3 is 10.2 Å². The number of hydrogen-bond acceptors (Lipinski definition) is 2. The van der Waals surface area contributed by atoms with Crippen LogP contribution in [-0.2, 0) is 16.0 Å². The minimum atomic E-state index is 0.0163. The molecular weight excluding hydrogens is 228 g/mol. The normalized spacial score (nSPS) is 14.0. The van der Waals surface area contributed by atoms with Crippen LogP contribution in [0.25, 0.3) is 0 Å². The van der Waals surface area contributed by atoms with Crippen LogP contribution in [0, 0.1) is 5.92 Å². The number of amides is 2. The highest BCUT2D eigenvalue weighted by Gasteiger charge is 2.23. The number of anilines is 2. The number of carbonyl (C=O) groups is 2. The average Bonchev–Trinajstić information content (AvgIpc) is 2.53. The van der Waals surface area contributed by atoms with Crippen molar-refractivity contribution in [1.82, 2.24) is 0 Å². The molecule has 0 unspecified atom stereocenters. The lowest BCUT2D eigenvalue weighted by Gasteiger charge is -2.11. The minimum Gasteiger partial charge on any atom is -0.326 e. The Bertz CT molecular complexity index is 495. The smallest absolute Gasteiger partial charge is 0.231 e. The second kappa shape index (κ2) is 4.80. The lowest BCUT2D eigenvalue weighted by Crippen LogP contribution is -2.20. The van der Waals surface area contributed by atoms with Gasteiger partial charge in [-0.15, -0.1) is 0 Å². The van der Waals surface area contributed by atoms with Crippen LogP contribution >= 0.6 is 0 Å². The molecule has 1 aromatic rings. The van der Waals surface area contributed by atoms with E-state index in [0.717, 1.165) is 16.9 Å². The number of nitrogens with zero attached hydrogens (tertiary/aromatic N) is 1. The molecule has 1 heterocycles. The first-order chi connectivity index (χ1) is 8.47. The fraction of sp³-hybridized carbons (Fsp3) is 0.429. The molecule has 0 radical (unpaired) electrons. The van der Waals surface area contributed by atoms with Crippen LogP contribution < -0.4 is 10.2 Å². The molecule has 0 aromatic heterocycles. The van der Waals surface area contributed by atoms with E-state index in [4.69, 9.17) is 0 Å². The minimum absolute atomic E-state index is 0.0163. The van der Waals surface area contributed by atoms with Crippen LogP contribution in [0.2, 0.25) is 0 Å². The van der Waals surface area contributed by atoms with Gasteiger partial charge in [0.05, 0.1) is 6.42 Å². The number of hydrogen-bond donors (Lipinski definition) is 1. The molecule has 0 atom stereocenters. The monoisotopic (exact) mass is 246 g/mol. The van der Waals surface area contributed by atoms with Gasteiger partial charge in [0, 0.05) is 24.8 Å². The Labute approximate surface area is 107 Å². The molecule has 1 N–H and O–H groups in total. The van der Waals surface area contributed by atoms with Crippen molar-refractivity contribution >= 4 is 23.2 Å². The van der Waals surface area contributed by atoms with Crippen LogP contribution in [0.1, 0.15) is 25.8 Å². The topological polar surface area (TPSA) is 49.4 Å². The first-order valence-corrected chi connectivity index (χ1v) is 6.16. The van der Waals surface area contributed by atoms with Gasteiger partial charge in [0.15, 0.2) is 0 Å². The SMILES string of the molecule is CC(C)CC(=O)Nc1ccc2c(c1)CC(=O)N2C. The predicted molar refractivity (Wildman–Crippen MR) is 71.6 cm³/mol. The van der Waals surface area contributed by atoms with Gasteiger partial charge in [0.2, 0.25) is 11.8 Å². The van der Waals surface area contributed by atoms with E-state index >= 15 is 0 Å². The summed E-state index contributed by atoms with van der Waals surface area (Å²) >= 11 is 0. The summed E-state index contributed by atoms with van der Waals surface area (Å²) in [4.78, 5) is 24.9. The zero-order chi connectivity index (χ0) is 13.3. The van der Waals surface area contributed by atoms with Gasteiger partial charge in [0.25, 0.3) is 0 Å². The summed E-state index contributed by atoms with van der Waals surface area (Å²) in [5.41, 5.74) is 2.68. The van der Waals surface area contributed by atoms with Crippen LogP contribution in [0.3, 0.4) is 0 Å². The lowest BCUT2D eigenvalue weighted by atomic mass is 10.1. The fourth-order valence-corrected chi connectivity index (χ4v) is 2.13. The van der Waals surface area contributed by atoms with Crippen LogP contribution in [0.5, 0.6) is 0 Å². The molecule has 0 aliphatic carbocycles. The third-order valence-corrected chi connectivity index (χ3v) is 3.03. The van der Waals surface area contributed by atoms with Crippen molar-refractivity contribution in [3.05, 3.63) is 23.8 Å². The Morgan fingerprint density at radius 3 is 2.83 bits per heavy atom. The maximum Gasteiger partial charge on any atom is 0.231 e. The second-order valence-electron chi connectivity index (χ2n) is 5.12. The van der Waals surface area contributed by atoms with Crippen molar-refractivity contribution in [2.75, 3.05) is 17.3 Å².